The van der Waals surface area contributed by atoms with Gasteiger partial charge in [0, 0.05) is 55.7 Å². The quantitative estimate of drug-likeness (QED) is 0.151. The van der Waals surface area contributed by atoms with E-state index in [0.29, 0.717) is 0 Å². The van der Waals surface area contributed by atoms with Crippen LogP contribution < -0.4 is 9.80 Å². The molecule has 0 unspecified atom stereocenters. The van der Waals surface area contributed by atoms with E-state index in [9.17, 15) is 0 Å². The fraction of sp³-hybridized carbons (Fsp3) is 0.0492. The van der Waals surface area contributed by atoms with E-state index in [1.54, 1.807) is 0 Å². The van der Waals surface area contributed by atoms with Gasteiger partial charge in [-0.15, -0.1) is 0 Å². The van der Waals surface area contributed by atoms with E-state index < -0.39 is 0 Å². The van der Waals surface area contributed by atoms with Crippen molar-refractivity contribution in [3.05, 3.63) is 248 Å². The molecule has 0 amide bonds. The monoisotopic (exact) mass is 819 g/mol. The van der Waals surface area contributed by atoms with Crippen molar-refractivity contribution in [3.63, 3.8) is 0 Å². The van der Waals surface area contributed by atoms with Crippen LogP contribution in [0.5, 0.6) is 0 Å². The van der Waals surface area contributed by atoms with Gasteiger partial charge in [-0.3, -0.25) is 0 Å². The smallest absolute Gasteiger partial charge is 0.0544 e. The van der Waals surface area contributed by atoms with Gasteiger partial charge in [-0.05, 0) is 136 Å². The first-order valence-electron chi connectivity index (χ1n) is 22.2. The second-order valence-electron chi connectivity index (χ2n) is 17.4. The third-order valence-corrected chi connectivity index (χ3v) is 13.3. The largest absolute Gasteiger partial charge is 0.311 e. The molecule has 0 radical (unpaired) electrons. The van der Waals surface area contributed by atoms with Gasteiger partial charge in [0.1, 0.15) is 0 Å². The second-order valence-corrected chi connectivity index (χ2v) is 17.4. The van der Waals surface area contributed by atoms with Crippen LogP contribution in [0.1, 0.15) is 25.0 Å². The molecule has 0 saturated heterocycles. The molecule has 3 heteroatoms. The van der Waals surface area contributed by atoms with Crippen LogP contribution in [-0.4, -0.2) is 4.57 Å². The zero-order chi connectivity index (χ0) is 42.8. The Morgan fingerprint density at radius 1 is 0.375 bits per heavy atom. The number of rotatable bonds is 8. The van der Waals surface area contributed by atoms with Gasteiger partial charge >= 0.3 is 0 Å². The Morgan fingerprint density at radius 2 is 0.906 bits per heavy atom. The Bertz CT molecular complexity index is 3490. The summed E-state index contributed by atoms with van der Waals surface area (Å²) in [7, 11) is 0. The highest BCUT2D eigenvalue weighted by Gasteiger charge is 2.38. The normalized spacial score (nSPS) is 12.7. The maximum absolute atomic E-state index is 2.45. The number of anilines is 6. The lowest BCUT2D eigenvalue weighted by Gasteiger charge is -2.29. The Kier molecular flexibility index (Phi) is 8.84. The lowest BCUT2D eigenvalue weighted by atomic mass is 9.80. The van der Waals surface area contributed by atoms with Crippen molar-refractivity contribution in [2.24, 2.45) is 0 Å². The summed E-state index contributed by atoms with van der Waals surface area (Å²) in [5, 5.41) is 5.04. The van der Waals surface area contributed by atoms with Crippen LogP contribution in [0.25, 0.3) is 60.5 Å². The Balaban J connectivity index is 0.954. The lowest BCUT2D eigenvalue weighted by Crippen LogP contribution is -2.15. The molecule has 0 atom stereocenters. The first-order chi connectivity index (χ1) is 31.5. The van der Waals surface area contributed by atoms with E-state index in [2.05, 4.69) is 265 Å². The van der Waals surface area contributed by atoms with Crippen LogP contribution in [0, 0.1) is 0 Å². The number of para-hydroxylation sites is 3. The number of hydrogen-bond acceptors (Lipinski definition) is 2. The summed E-state index contributed by atoms with van der Waals surface area (Å²) in [6.07, 6.45) is 0. The van der Waals surface area contributed by atoms with Crippen molar-refractivity contribution in [2.45, 2.75) is 19.3 Å². The van der Waals surface area contributed by atoms with Crippen molar-refractivity contribution >= 4 is 66.7 Å². The molecular weight excluding hydrogens is 775 g/mol. The van der Waals surface area contributed by atoms with E-state index in [0.717, 1.165) is 34.1 Å². The molecule has 304 valence electrons. The van der Waals surface area contributed by atoms with Crippen LogP contribution in [-0.2, 0) is 5.41 Å². The van der Waals surface area contributed by atoms with Gasteiger partial charge in [0.2, 0.25) is 0 Å². The minimum absolute atomic E-state index is 0.145. The molecule has 10 aromatic carbocycles. The summed E-state index contributed by atoms with van der Waals surface area (Å²) < 4.78 is 2.45. The second kappa shape index (κ2) is 15.0. The number of fused-ring (bicyclic) bond motifs is 8. The van der Waals surface area contributed by atoms with Gasteiger partial charge in [-0.2, -0.15) is 0 Å². The van der Waals surface area contributed by atoms with Crippen molar-refractivity contribution in [2.75, 3.05) is 9.80 Å². The van der Waals surface area contributed by atoms with Crippen LogP contribution in [0.2, 0.25) is 0 Å². The molecule has 0 aliphatic heterocycles. The van der Waals surface area contributed by atoms with Crippen molar-refractivity contribution < 1.29 is 0 Å². The number of hydrogen-bond donors (Lipinski definition) is 0. The van der Waals surface area contributed by atoms with Crippen molar-refractivity contribution in [1.82, 2.24) is 4.57 Å². The molecule has 11 aromatic rings. The zero-order valence-corrected chi connectivity index (χ0v) is 35.9. The summed E-state index contributed by atoms with van der Waals surface area (Å²) in [5.41, 5.74) is 18.0. The maximum Gasteiger partial charge on any atom is 0.0544 e. The number of benzene rings is 10. The minimum Gasteiger partial charge on any atom is -0.311 e. The first kappa shape index (κ1) is 37.6. The molecule has 1 aliphatic carbocycles. The molecule has 0 fully saturated rings. The fourth-order valence-corrected chi connectivity index (χ4v) is 10.4. The molecular formula is C61H45N3. The molecule has 12 rings (SSSR count). The Labute approximate surface area is 374 Å². The van der Waals surface area contributed by atoms with Crippen LogP contribution in [0.15, 0.2) is 237 Å². The predicted octanol–water partition coefficient (Wildman–Crippen LogP) is 16.8. The van der Waals surface area contributed by atoms with Crippen molar-refractivity contribution in [3.8, 4) is 27.9 Å². The zero-order valence-electron chi connectivity index (χ0n) is 35.9. The van der Waals surface area contributed by atoms with E-state index in [1.807, 2.05) is 0 Å². The Hall–Kier alpha value is -8.14. The first-order valence-corrected chi connectivity index (χ1v) is 22.2. The Morgan fingerprint density at radius 3 is 1.62 bits per heavy atom. The number of aromatic nitrogens is 1. The molecule has 1 heterocycles. The maximum atomic E-state index is 2.45. The third kappa shape index (κ3) is 6.04. The SMILES string of the molecule is CC1(C)c2ccccc2-c2ccc3c(c21)c1cc(-c2ccc(N(c4ccccc4)c4ccc(N(c5ccccc5)c5cccc6ccccc56)cc4)cc2)ccc1n3-c1ccccc1. The average molecular weight is 820 g/mol. The fourth-order valence-electron chi connectivity index (χ4n) is 10.4. The number of nitrogens with zero attached hydrogens (tertiary/aromatic N) is 3. The van der Waals surface area contributed by atoms with Crippen LogP contribution >= 0.6 is 0 Å². The summed E-state index contributed by atoms with van der Waals surface area (Å²) in [5.74, 6) is 0. The van der Waals surface area contributed by atoms with E-state index in [-0.39, 0.29) is 5.41 Å². The highest BCUT2D eigenvalue weighted by Crippen LogP contribution is 2.53. The third-order valence-electron chi connectivity index (χ3n) is 13.3. The summed E-state index contributed by atoms with van der Waals surface area (Å²) in [6, 6.07) is 86.0. The lowest BCUT2D eigenvalue weighted by molar-refractivity contribution is 0.666. The van der Waals surface area contributed by atoms with Crippen molar-refractivity contribution in [1.29, 1.82) is 0 Å². The summed E-state index contributed by atoms with van der Waals surface area (Å²) >= 11 is 0. The molecule has 1 aromatic heterocycles. The highest BCUT2D eigenvalue weighted by atomic mass is 15.2. The van der Waals surface area contributed by atoms with Gasteiger partial charge in [-0.25, -0.2) is 0 Å². The van der Waals surface area contributed by atoms with E-state index >= 15 is 0 Å². The molecule has 0 bridgehead atoms. The molecule has 0 spiro atoms. The topological polar surface area (TPSA) is 11.4 Å². The molecule has 0 saturated carbocycles. The molecule has 3 nitrogen and oxygen atoms in total. The van der Waals surface area contributed by atoms with Gasteiger partial charge in [0.15, 0.2) is 0 Å². The van der Waals surface area contributed by atoms with Crippen LogP contribution in [0.3, 0.4) is 0 Å². The van der Waals surface area contributed by atoms with E-state index in [4.69, 9.17) is 0 Å². The summed E-state index contributed by atoms with van der Waals surface area (Å²) in [4.78, 5) is 4.70. The predicted molar refractivity (Wildman–Crippen MR) is 271 cm³/mol. The highest BCUT2D eigenvalue weighted by molar-refractivity contribution is 6.15. The standard InChI is InChI=1S/C61H45N3/c1-61(2)55-27-15-14-26-52(55)53-38-40-58-59(60(53)61)54-41-44(31-39-57(54)64(58)47-23-10-5-11-24-47)42-29-32-48(33-30-42)62(45-19-6-3-7-20-45)49-34-36-50(37-35-49)63(46-21-8-4-9-22-46)56-28-16-18-43-17-12-13-25-51(43)56/h3-41H,1-2H3. The summed E-state index contributed by atoms with van der Waals surface area (Å²) in [6.45, 7) is 4.78. The molecule has 0 N–H and O–H groups in total. The van der Waals surface area contributed by atoms with Crippen LogP contribution in [0.4, 0.5) is 34.1 Å². The van der Waals surface area contributed by atoms with E-state index in [1.165, 1.54) is 71.6 Å². The van der Waals surface area contributed by atoms with Gasteiger partial charge in [0.25, 0.3) is 0 Å². The minimum atomic E-state index is -0.145. The van der Waals surface area contributed by atoms with Gasteiger partial charge in [-0.1, -0.05) is 153 Å². The van der Waals surface area contributed by atoms with Gasteiger partial charge in [0.05, 0.1) is 16.7 Å². The molecule has 64 heavy (non-hydrogen) atoms. The molecule has 1 aliphatic rings. The van der Waals surface area contributed by atoms with Gasteiger partial charge < -0.3 is 14.4 Å². The average Bonchev–Trinajstić information content (AvgIpc) is 3.81.